The predicted octanol–water partition coefficient (Wildman–Crippen LogP) is 3.11. The largest absolute Gasteiger partial charge is 0.398 e. The van der Waals surface area contributed by atoms with Crippen LogP contribution < -0.4 is 11.1 Å². The average Bonchev–Trinajstić information content (AvgIpc) is 2.42. The maximum absolute atomic E-state index is 13.1. The van der Waals surface area contributed by atoms with E-state index in [1.807, 2.05) is 0 Å². The molecule has 1 aliphatic rings. The highest BCUT2D eigenvalue weighted by atomic mass is 19.1. The van der Waals surface area contributed by atoms with Crippen molar-refractivity contribution in [3.63, 3.8) is 0 Å². The molecule has 0 radical (unpaired) electrons. The second-order valence-corrected chi connectivity index (χ2v) is 5.28. The highest BCUT2D eigenvalue weighted by Crippen LogP contribution is 2.25. The number of anilines is 1. The second kappa shape index (κ2) is 6.55. The molecule has 0 bridgehead atoms. The molecule has 4 heteroatoms. The standard InChI is InChI=1S/C15H21FN2O/c16-12-6-7-14(17)13(10-12)15(19)18-9-8-11-4-2-1-3-5-11/h6-7,10-11H,1-5,8-9,17H2,(H,18,19). The number of nitrogen functional groups attached to an aromatic ring is 1. The van der Waals surface area contributed by atoms with Gasteiger partial charge in [0.05, 0.1) is 5.56 Å². The minimum absolute atomic E-state index is 0.226. The molecule has 1 aliphatic carbocycles. The summed E-state index contributed by atoms with van der Waals surface area (Å²) in [5, 5.41) is 2.83. The first-order valence-corrected chi connectivity index (χ1v) is 7.00. The fourth-order valence-corrected chi connectivity index (χ4v) is 2.69. The van der Waals surface area contributed by atoms with Crippen LogP contribution >= 0.6 is 0 Å². The van der Waals surface area contributed by atoms with E-state index in [9.17, 15) is 9.18 Å². The lowest BCUT2D eigenvalue weighted by Gasteiger charge is -2.21. The second-order valence-electron chi connectivity index (χ2n) is 5.28. The first kappa shape index (κ1) is 13.8. The van der Waals surface area contributed by atoms with Gasteiger partial charge >= 0.3 is 0 Å². The van der Waals surface area contributed by atoms with E-state index in [2.05, 4.69) is 5.32 Å². The fourth-order valence-electron chi connectivity index (χ4n) is 2.69. The van der Waals surface area contributed by atoms with Crippen molar-refractivity contribution < 1.29 is 9.18 Å². The summed E-state index contributed by atoms with van der Waals surface area (Å²) in [6.07, 6.45) is 7.46. The Morgan fingerprint density at radius 1 is 1.32 bits per heavy atom. The Morgan fingerprint density at radius 2 is 2.05 bits per heavy atom. The molecular weight excluding hydrogens is 243 g/mol. The summed E-state index contributed by atoms with van der Waals surface area (Å²) in [7, 11) is 0. The van der Waals surface area contributed by atoms with Crippen molar-refractivity contribution in [3.05, 3.63) is 29.6 Å². The van der Waals surface area contributed by atoms with Gasteiger partial charge < -0.3 is 11.1 Å². The van der Waals surface area contributed by atoms with E-state index < -0.39 is 5.82 Å². The van der Waals surface area contributed by atoms with Gasteiger partial charge in [-0.25, -0.2) is 4.39 Å². The van der Waals surface area contributed by atoms with E-state index in [1.54, 1.807) is 0 Å². The lowest BCUT2D eigenvalue weighted by molar-refractivity contribution is 0.0951. The number of amides is 1. The van der Waals surface area contributed by atoms with Crippen molar-refractivity contribution in [2.45, 2.75) is 38.5 Å². The Hall–Kier alpha value is -1.58. The number of hydrogen-bond donors (Lipinski definition) is 2. The number of hydrogen-bond acceptors (Lipinski definition) is 2. The number of nitrogens with one attached hydrogen (secondary N) is 1. The van der Waals surface area contributed by atoms with E-state index in [0.717, 1.165) is 12.3 Å². The molecule has 1 fully saturated rings. The molecule has 1 amide bonds. The Balaban J connectivity index is 1.82. The summed E-state index contributed by atoms with van der Waals surface area (Å²) in [6, 6.07) is 3.87. The Kier molecular flexibility index (Phi) is 4.77. The van der Waals surface area contributed by atoms with Crippen LogP contribution in [0.15, 0.2) is 18.2 Å². The van der Waals surface area contributed by atoms with Crippen LogP contribution in [0, 0.1) is 11.7 Å². The number of carbonyl (C=O) groups excluding carboxylic acids is 1. The Labute approximate surface area is 113 Å². The topological polar surface area (TPSA) is 55.1 Å². The Morgan fingerprint density at radius 3 is 2.79 bits per heavy atom. The van der Waals surface area contributed by atoms with Crippen molar-refractivity contribution >= 4 is 11.6 Å². The molecule has 0 aromatic heterocycles. The average molecular weight is 264 g/mol. The minimum Gasteiger partial charge on any atom is -0.398 e. The molecule has 0 saturated heterocycles. The van der Waals surface area contributed by atoms with Crippen LogP contribution in [-0.4, -0.2) is 12.5 Å². The van der Waals surface area contributed by atoms with Gasteiger partial charge in [-0.2, -0.15) is 0 Å². The summed E-state index contributed by atoms with van der Waals surface area (Å²) in [4.78, 5) is 11.9. The van der Waals surface area contributed by atoms with Gasteiger partial charge in [-0.15, -0.1) is 0 Å². The molecule has 0 aliphatic heterocycles. The molecule has 3 N–H and O–H groups in total. The molecule has 1 aromatic rings. The molecule has 1 saturated carbocycles. The SMILES string of the molecule is Nc1ccc(F)cc1C(=O)NCCC1CCCCC1. The zero-order chi connectivity index (χ0) is 13.7. The van der Waals surface area contributed by atoms with Crippen molar-refractivity contribution in [2.75, 3.05) is 12.3 Å². The summed E-state index contributed by atoms with van der Waals surface area (Å²) in [5.74, 6) is -0.00153. The molecule has 2 rings (SSSR count). The third kappa shape index (κ3) is 3.94. The van der Waals surface area contributed by atoms with Crippen LogP contribution in [0.4, 0.5) is 10.1 Å². The lowest BCUT2D eigenvalue weighted by atomic mass is 9.87. The Bertz CT molecular complexity index is 442. The van der Waals surface area contributed by atoms with Crippen molar-refractivity contribution in [3.8, 4) is 0 Å². The number of carbonyl (C=O) groups is 1. The summed E-state index contributed by atoms with van der Waals surface area (Å²) < 4.78 is 13.1. The highest BCUT2D eigenvalue weighted by Gasteiger charge is 2.14. The maximum atomic E-state index is 13.1. The molecule has 104 valence electrons. The van der Waals surface area contributed by atoms with Crippen molar-refractivity contribution in [1.29, 1.82) is 0 Å². The minimum atomic E-state index is -0.438. The van der Waals surface area contributed by atoms with Crippen LogP contribution in [0.25, 0.3) is 0 Å². The number of benzene rings is 1. The molecule has 0 heterocycles. The third-order valence-electron chi connectivity index (χ3n) is 3.82. The van der Waals surface area contributed by atoms with Crippen LogP contribution in [0.3, 0.4) is 0 Å². The molecule has 0 spiro atoms. The zero-order valence-corrected chi connectivity index (χ0v) is 11.1. The summed E-state index contributed by atoms with van der Waals surface area (Å²) >= 11 is 0. The van der Waals surface area contributed by atoms with E-state index in [4.69, 9.17) is 5.73 Å². The normalized spacial score (nSPS) is 16.3. The molecule has 1 aromatic carbocycles. The van der Waals surface area contributed by atoms with E-state index in [-0.39, 0.29) is 11.5 Å². The summed E-state index contributed by atoms with van der Waals surface area (Å²) in [6.45, 7) is 0.638. The van der Waals surface area contributed by atoms with Gasteiger partial charge in [0.25, 0.3) is 5.91 Å². The van der Waals surface area contributed by atoms with E-state index in [1.165, 1.54) is 50.3 Å². The monoisotopic (exact) mass is 264 g/mol. The molecular formula is C15H21FN2O. The fraction of sp³-hybridized carbons (Fsp3) is 0.533. The smallest absolute Gasteiger partial charge is 0.253 e. The van der Waals surface area contributed by atoms with Gasteiger partial charge in [0.15, 0.2) is 0 Å². The zero-order valence-electron chi connectivity index (χ0n) is 11.1. The van der Waals surface area contributed by atoms with Crippen LogP contribution in [0.1, 0.15) is 48.9 Å². The first-order chi connectivity index (χ1) is 9.16. The number of nitrogens with two attached hydrogens (primary N) is 1. The third-order valence-corrected chi connectivity index (χ3v) is 3.82. The van der Waals surface area contributed by atoms with E-state index in [0.29, 0.717) is 12.2 Å². The van der Waals surface area contributed by atoms with Gasteiger partial charge in [0, 0.05) is 12.2 Å². The highest BCUT2D eigenvalue weighted by molar-refractivity contribution is 5.99. The van der Waals surface area contributed by atoms with Crippen LogP contribution in [-0.2, 0) is 0 Å². The molecule has 0 unspecified atom stereocenters. The predicted molar refractivity (Wildman–Crippen MR) is 74.3 cm³/mol. The van der Waals surface area contributed by atoms with E-state index >= 15 is 0 Å². The molecule has 19 heavy (non-hydrogen) atoms. The van der Waals surface area contributed by atoms with Crippen molar-refractivity contribution in [2.24, 2.45) is 5.92 Å². The first-order valence-electron chi connectivity index (χ1n) is 7.00. The molecule has 3 nitrogen and oxygen atoms in total. The molecule has 0 atom stereocenters. The quantitative estimate of drug-likeness (QED) is 0.821. The van der Waals surface area contributed by atoms with Gasteiger partial charge in [-0.3, -0.25) is 4.79 Å². The van der Waals surface area contributed by atoms with Gasteiger partial charge in [0.1, 0.15) is 5.82 Å². The summed E-state index contributed by atoms with van der Waals surface area (Å²) in [5.41, 5.74) is 6.22. The van der Waals surface area contributed by atoms with Crippen LogP contribution in [0.5, 0.6) is 0 Å². The number of rotatable bonds is 4. The van der Waals surface area contributed by atoms with Crippen molar-refractivity contribution in [1.82, 2.24) is 5.32 Å². The van der Waals surface area contributed by atoms with Gasteiger partial charge in [0.2, 0.25) is 0 Å². The van der Waals surface area contributed by atoms with Crippen LogP contribution in [0.2, 0.25) is 0 Å². The maximum Gasteiger partial charge on any atom is 0.253 e. The number of halogens is 1. The lowest BCUT2D eigenvalue weighted by Crippen LogP contribution is -2.27. The van der Waals surface area contributed by atoms with Gasteiger partial charge in [-0.05, 0) is 30.5 Å². The van der Waals surface area contributed by atoms with Gasteiger partial charge in [-0.1, -0.05) is 32.1 Å².